The molecule has 0 aromatic heterocycles. The second-order valence-corrected chi connectivity index (χ2v) is 4.63. The van der Waals surface area contributed by atoms with Crippen molar-refractivity contribution in [3.63, 3.8) is 0 Å². The van der Waals surface area contributed by atoms with E-state index in [2.05, 4.69) is 23.5 Å². The Hall–Kier alpha value is -2.29. The summed E-state index contributed by atoms with van der Waals surface area (Å²) in [6, 6.07) is 14.1. The van der Waals surface area contributed by atoms with E-state index in [0.717, 1.165) is 24.2 Å². The first-order chi connectivity index (χ1) is 9.29. The van der Waals surface area contributed by atoms with E-state index >= 15 is 0 Å². The number of anilines is 1. The predicted octanol–water partition coefficient (Wildman–Crippen LogP) is 2.99. The van der Waals surface area contributed by atoms with Crippen LogP contribution in [0, 0.1) is 0 Å². The van der Waals surface area contributed by atoms with Gasteiger partial charge in [0.15, 0.2) is 0 Å². The lowest BCUT2D eigenvalue weighted by molar-refractivity contribution is 0.0601. The van der Waals surface area contributed by atoms with E-state index in [-0.39, 0.29) is 5.97 Å². The number of ether oxygens (including phenoxy) is 1. The third kappa shape index (κ3) is 2.08. The minimum atomic E-state index is -0.296. The molecule has 0 atom stereocenters. The van der Waals surface area contributed by atoms with E-state index in [1.807, 2.05) is 18.2 Å². The van der Waals surface area contributed by atoms with E-state index in [9.17, 15) is 4.79 Å². The standard InChI is InChI=1S/C16H15NO2/c1-19-16(18)14-8-4-7-12-9-11-5-2-3-6-13(11)10-17-15(12)14/h2-8,17H,9-10H2,1H3. The summed E-state index contributed by atoms with van der Waals surface area (Å²) in [6.07, 6.45) is 0.837. The van der Waals surface area contributed by atoms with Crippen molar-refractivity contribution in [2.45, 2.75) is 13.0 Å². The van der Waals surface area contributed by atoms with Crippen molar-refractivity contribution in [2.75, 3.05) is 12.4 Å². The van der Waals surface area contributed by atoms with Gasteiger partial charge in [-0.3, -0.25) is 0 Å². The van der Waals surface area contributed by atoms with Crippen LogP contribution >= 0.6 is 0 Å². The molecule has 0 aliphatic carbocycles. The van der Waals surface area contributed by atoms with Gasteiger partial charge < -0.3 is 10.1 Å². The Labute approximate surface area is 112 Å². The van der Waals surface area contributed by atoms with Crippen molar-refractivity contribution < 1.29 is 9.53 Å². The molecule has 3 heteroatoms. The molecule has 0 fully saturated rings. The predicted molar refractivity (Wildman–Crippen MR) is 74.4 cm³/mol. The molecule has 0 bridgehead atoms. The number of para-hydroxylation sites is 1. The highest BCUT2D eigenvalue weighted by molar-refractivity contribution is 5.96. The molecule has 1 aliphatic rings. The first-order valence-corrected chi connectivity index (χ1v) is 6.30. The average molecular weight is 253 g/mol. The lowest BCUT2D eigenvalue weighted by atomic mass is 9.99. The molecular weight excluding hydrogens is 238 g/mol. The molecule has 1 N–H and O–H groups in total. The van der Waals surface area contributed by atoms with Crippen LogP contribution in [-0.4, -0.2) is 13.1 Å². The van der Waals surface area contributed by atoms with E-state index in [1.54, 1.807) is 6.07 Å². The van der Waals surface area contributed by atoms with E-state index in [4.69, 9.17) is 4.74 Å². The zero-order valence-electron chi connectivity index (χ0n) is 10.8. The maximum absolute atomic E-state index is 11.8. The Morgan fingerprint density at radius 2 is 1.79 bits per heavy atom. The summed E-state index contributed by atoms with van der Waals surface area (Å²) in [5, 5.41) is 3.36. The Kier molecular flexibility index (Phi) is 2.95. The van der Waals surface area contributed by atoms with Crippen molar-refractivity contribution in [2.24, 2.45) is 0 Å². The highest BCUT2D eigenvalue weighted by Crippen LogP contribution is 2.29. The second-order valence-electron chi connectivity index (χ2n) is 4.63. The lowest BCUT2D eigenvalue weighted by Gasteiger charge is -2.11. The number of rotatable bonds is 1. The topological polar surface area (TPSA) is 38.3 Å². The summed E-state index contributed by atoms with van der Waals surface area (Å²) < 4.78 is 4.84. The van der Waals surface area contributed by atoms with Crippen LogP contribution in [0.1, 0.15) is 27.0 Å². The van der Waals surface area contributed by atoms with Gasteiger partial charge in [0, 0.05) is 6.54 Å². The summed E-state index contributed by atoms with van der Waals surface area (Å²) in [5.74, 6) is -0.296. The largest absolute Gasteiger partial charge is 0.465 e. The number of carbonyl (C=O) groups excluding carboxylic acids is 1. The minimum Gasteiger partial charge on any atom is -0.465 e. The summed E-state index contributed by atoms with van der Waals surface area (Å²) in [7, 11) is 1.41. The van der Waals surface area contributed by atoms with Gasteiger partial charge in [-0.1, -0.05) is 36.4 Å². The fourth-order valence-corrected chi connectivity index (χ4v) is 2.53. The Bertz CT molecular complexity index is 634. The average Bonchev–Trinajstić information content (AvgIpc) is 2.65. The van der Waals surface area contributed by atoms with Crippen LogP contribution in [0.5, 0.6) is 0 Å². The molecule has 3 nitrogen and oxygen atoms in total. The van der Waals surface area contributed by atoms with Crippen LogP contribution < -0.4 is 5.32 Å². The quantitative estimate of drug-likeness (QED) is 0.794. The van der Waals surface area contributed by atoms with E-state index in [1.165, 1.54) is 18.2 Å². The molecule has 0 saturated carbocycles. The van der Waals surface area contributed by atoms with Crippen LogP contribution in [0.2, 0.25) is 0 Å². The maximum Gasteiger partial charge on any atom is 0.339 e. The SMILES string of the molecule is COC(=O)c1cccc2c1NCc1ccccc1C2. The van der Waals surface area contributed by atoms with Crippen molar-refractivity contribution in [3.05, 3.63) is 64.7 Å². The smallest absolute Gasteiger partial charge is 0.339 e. The third-order valence-corrected chi connectivity index (χ3v) is 3.51. The summed E-state index contributed by atoms with van der Waals surface area (Å²) in [6.45, 7) is 0.733. The van der Waals surface area contributed by atoms with Gasteiger partial charge in [-0.15, -0.1) is 0 Å². The number of nitrogens with one attached hydrogen (secondary N) is 1. The van der Waals surface area contributed by atoms with Crippen LogP contribution in [0.25, 0.3) is 0 Å². The fraction of sp³-hybridized carbons (Fsp3) is 0.188. The summed E-state index contributed by atoms with van der Waals surface area (Å²) in [5.41, 5.74) is 5.21. The maximum atomic E-state index is 11.8. The van der Waals surface area contributed by atoms with Crippen LogP contribution in [0.15, 0.2) is 42.5 Å². The number of benzene rings is 2. The van der Waals surface area contributed by atoms with Gasteiger partial charge >= 0.3 is 5.97 Å². The van der Waals surface area contributed by atoms with Gasteiger partial charge in [0.05, 0.1) is 18.4 Å². The number of esters is 1. The molecule has 3 rings (SSSR count). The number of fused-ring (bicyclic) bond motifs is 2. The first kappa shape index (κ1) is 11.8. The van der Waals surface area contributed by atoms with Crippen molar-refractivity contribution in [3.8, 4) is 0 Å². The number of carbonyl (C=O) groups is 1. The minimum absolute atomic E-state index is 0.296. The van der Waals surface area contributed by atoms with E-state index < -0.39 is 0 Å². The molecule has 1 aliphatic heterocycles. The highest BCUT2D eigenvalue weighted by Gasteiger charge is 2.18. The number of hydrogen-bond donors (Lipinski definition) is 1. The highest BCUT2D eigenvalue weighted by atomic mass is 16.5. The van der Waals surface area contributed by atoms with Crippen LogP contribution in [0.4, 0.5) is 5.69 Å². The zero-order valence-corrected chi connectivity index (χ0v) is 10.8. The molecule has 0 spiro atoms. The van der Waals surface area contributed by atoms with E-state index in [0.29, 0.717) is 5.56 Å². The molecular formula is C16H15NO2. The molecule has 2 aromatic rings. The molecule has 0 unspecified atom stereocenters. The Balaban J connectivity index is 2.08. The van der Waals surface area contributed by atoms with Gasteiger partial charge in [-0.05, 0) is 29.2 Å². The number of methoxy groups -OCH3 is 1. The second kappa shape index (κ2) is 4.76. The van der Waals surface area contributed by atoms with Gasteiger partial charge in [0.25, 0.3) is 0 Å². The zero-order chi connectivity index (χ0) is 13.2. The Morgan fingerprint density at radius 1 is 1.05 bits per heavy atom. The normalized spacial score (nSPS) is 12.7. The monoisotopic (exact) mass is 253 g/mol. The van der Waals surface area contributed by atoms with Crippen LogP contribution in [-0.2, 0) is 17.7 Å². The van der Waals surface area contributed by atoms with Crippen molar-refractivity contribution in [1.29, 1.82) is 0 Å². The van der Waals surface area contributed by atoms with Gasteiger partial charge in [-0.25, -0.2) is 4.79 Å². The molecule has 96 valence electrons. The first-order valence-electron chi connectivity index (χ1n) is 6.30. The summed E-state index contributed by atoms with van der Waals surface area (Å²) >= 11 is 0. The van der Waals surface area contributed by atoms with Gasteiger partial charge in [0.1, 0.15) is 0 Å². The summed E-state index contributed by atoms with van der Waals surface area (Å²) in [4.78, 5) is 11.8. The molecule has 0 amide bonds. The molecule has 19 heavy (non-hydrogen) atoms. The van der Waals surface area contributed by atoms with Gasteiger partial charge in [0.2, 0.25) is 0 Å². The molecule has 0 radical (unpaired) electrons. The number of hydrogen-bond acceptors (Lipinski definition) is 3. The fourth-order valence-electron chi connectivity index (χ4n) is 2.53. The van der Waals surface area contributed by atoms with Gasteiger partial charge in [-0.2, -0.15) is 0 Å². The molecule has 0 saturated heterocycles. The lowest BCUT2D eigenvalue weighted by Crippen LogP contribution is -2.08. The molecule has 1 heterocycles. The Morgan fingerprint density at radius 3 is 2.58 bits per heavy atom. The molecule has 2 aromatic carbocycles. The van der Waals surface area contributed by atoms with Crippen molar-refractivity contribution >= 4 is 11.7 Å². The van der Waals surface area contributed by atoms with Crippen molar-refractivity contribution in [1.82, 2.24) is 0 Å². The van der Waals surface area contributed by atoms with Crippen LogP contribution in [0.3, 0.4) is 0 Å². The third-order valence-electron chi connectivity index (χ3n) is 3.51.